The highest BCUT2D eigenvalue weighted by Gasteiger charge is 2.27. The monoisotopic (exact) mass is 408 g/mol. The summed E-state index contributed by atoms with van der Waals surface area (Å²) in [5, 5.41) is 3.68. The zero-order valence-electron chi connectivity index (χ0n) is 15.4. The molecule has 0 radical (unpaired) electrons. The molecule has 136 valence electrons. The number of rotatable bonds is 6. The van der Waals surface area contributed by atoms with Gasteiger partial charge in [-0.15, -0.1) is 0 Å². The van der Waals surface area contributed by atoms with Crippen molar-refractivity contribution in [3.63, 3.8) is 0 Å². The van der Waals surface area contributed by atoms with Crippen LogP contribution in [0.25, 0.3) is 10.9 Å². The van der Waals surface area contributed by atoms with Crippen LogP contribution < -0.4 is 10.1 Å². The fraction of sp³-hybridized carbons (Fsp3) is 0.474. The number of nitrogens with zero attached hydrogens (tertiary/aromatic N) is 1. The Morgan fingerprint density at radius 1 is 1.40 bits per heavy atom. The zero-order chi connectivity index (χ0) is 18.8. The molecular formula is C19H25BrN2O3. The van der Waals surface area contributed by atoms with Crippen molar-refractivity contribution in [2.45, 2.75) is 40.5 Å². The molecule has 1 amide bonds. The molecular weight excluding hydrogens is 384 g/mol. The molecule has 1 N–H and O–H groups in total. The maximum absolute atomic E-state index is 12.9. The third-order valence-corrected chi connectivity index (χ3v) is 4.71. The number of nitrogens with one attached hydrogen (secondary N) is 1. The Morgan fingerprint density at radius 2 is 2.08 bits per heavy atom. The van der Waals surface area contributed by atoms with Gasteiger partial charge < -0.3 is 10.1 Å². The van der Waals surface area contributed by atoms with E-state index in [0.29, 0.717) is 19.6 Å². The quantitative estimate of drug-likeness (QED) is 0.723. The number of hydrogen-bond donors (Lipinski definition) is 1. The molecule has 1 heterocycles. The van der Waals surface area contributed by atoms with E-state index in [-0.39, 0.29) is 11.8 Å². The molecule has 1 aromatic carbocycles. The Balaban J connectivity index is 2.67. The van der Waals surface area contributed by atoms with Gasteiger partial charge in [-0.1, -0.05) is 27.7 Å². The number of halogens is 1. The van der Waals surface area contributed by atoms with E-state index in [1.807, 2.05) is 52.9 Å². The maximum Gasteiger partial charge on any atom is 0.236 e. The lowest BCUT2D eigenvalue weighted by Gasteiger charge is -2.18. The van der Waals surface area contributed by atoms with Crippen LogP contribution in [0, 0.1) is 5.41 Å². The van der Waals surface area contributed by atoms with Gasteiger partial charge in [0.05, 0.1) is 16.6 Å². The summed E-state index contributed by atoms with van der Waals surface area (Å²) in [7, 11) is 0. The van der Waals surface area contributed by atoms with Crippen molar-refractivity contribution < 1.29 is 14.3 Å². The summed E-state index contributed by atoms with van der Waals surface area (Å²) in [5.41, 5.74) is 1.34. The molecule has 0 spiro atoms. The molecule has 6 heteroatoms. The Kier molecular flexibility index (Phi) is 5.93. The minimum atomic E-state index is -0.501. The third-order valence-electron chi connectivity index (χ3n) is 4.09. The number of carbonyl (C=O) groups is 2. The van der Waals surface area contributed by atoms with Crippen molar-refractivity contribution in [2.24, 2.45) is 5.41 Å². The van der Waals surface area contributed by atoms with Crippen molar-refractivity contribution >= 4 is 39.2 Å². The number of benzene rings is 1. The van der Waals surface area contributed by atoms with Gasteiger partial charge in [0, 0.05) is 29.5 Å². The van der Waals surface area contributed by atoms with Gasteiger partial charge in [0.2, 0.25) is 12.3 Å². The zero-order valence-corrected chi connectivity index (χ0v) is 16.9. The summed E-state index contributed by atoms with van der Waals surface area (Å²) in [6.07, 6.45) is 2.58. The van der Waals surface area contributed by atoms with Gasteiger partial charge >= 0.3 is 0 Å². The summed E-state index contributed by atoms with van der Waals surface area (Å²) >= 11 is 3.53. The van der Waals surface area contributed by atoms with Crippen molar-refractivity contribution in [2.75, 3.05) is 13.2 Å². The molecule has 0 saturated carbocycles. The SMILES string of the molecule is CCOc1cc2c(C(C)CNC=O)cn(C(=O)C(C)(C)C)c2cc1Br. The van der Waals surface area contributed by atoms with E-state index in [9.17, 15) is 9.59 Å². The number of aromatic nitrogens is 1. The first kappa shape index (κ1) is 19.5. The first-order chi connectivity index (χ1) is 11.7. The van der Waals surface area contributed by atoms with E-state index >= 15 is 0 Å². The van der Waals surface area contributed by atoms with Crippen molar-refractivity contribution in [3.8, 4) is 5.75 Å². The first-order valence-electron chi connectivity index (χ1n) is 8.39. The highest BCUT2D eigenvalue weighted by Crippen LogP contribution is 2.36. The molecule has 1 aromatic heterocycles. The first-order valence-corrected chi connectivity index (χ1v) is 9.19. The number of ether oxygens (including phenoxy) is 1. The average molecular weight is 409 g/mol. The lowest BCUT2D eigenvalue weighted by atomic mass is 9.95. The third kappa shape index (κ3) is 4.06. The van der Waals surface area contributed by atoms with E-state index < -0.39 is 5.41 Å². The predicted molar refractivity (Wildman–Crippen MR) is 103 cm³/mol. The number of amides is 1. The van der Waals surface area contributed by atoms with Gasteiger partial charge in [0.15, 0.2) is 0 Å². The predicted octanol–water partition coefficient (Wildman–Crippen LogP) is 4.34. The lowest BCUT2D eigenvalue weighted by Crippen LogP contribution is -2.26. The molecule has 2 rings (SSSR count). The smallest absolute Gasteiger partial charge is 0.236 e. The largest absolute Gasteiger partial charge is 0.493 e. The molecule has 0 aliphatic carbocycles. The molecule has 5 nitrogen and oxygen atoms in total. The van der Waals surface area contributed by atoms with Gasteiger partial charge in [0.1, 0.15) is 5.75 Å². The second-order valence-electron chi connectivity index (χ2n) is 7.17. The Hall–Kier alpha value is -1.82. The van der Waals surface area contributed by atoms with Crippen molar-refractivity contribution in [3.05, 3.63) is 28.4 Å². The van der Waals surface area contributed by atoms with Crippen LogP contribution in [0.4, 0.5) is 0 Å². The van der Waals surface area contributed by atoms with E-state index in [0.717, 1.165) is 26.7 Å². The van der Waals surface area contributed by atoms with Gasteiger partial charge in [-0.05, 0) is 40.5 Å². The minimum Gasteiger partial charge on any atom is -0.493 e. The van der Waals surface area contributed by atoms with Crippen LogP contribution in [0.2, 0.25) is 0 Å². The second-order valence-corrected chi connectivity index (χ2v) is 8.02. The molecule has 2 aromatic rings. The highest BCUT2D eigenvalue weighted by molar-refractivity contribution is 9.10. The van der Waals surface area contributed by atoms with Crippen LogP contribution in [0.1, 0.15) is 50.9 Å². The summed E-state index contributed by atoms with van der Waals surface area (Å²) in [5.74, 6) is 0.834. The topological polar surface area (TPSA) is 60.3 Å². The van der Waals surface area contributed by atoms with E-state index in [1.54, 1.807) is 4.57 Å². The molecule has 0 aliphatic rings. The molecule has 0 saturated heterocycles. The van der Waals surface area contributed by atoms with Gasteiger partial charge in [-0.2, -0.15) is 0 Å². The fourth-order valence-electron chi connectivity index (χ4n) is 2.77. The molecule has 1 atom stereocenters. The van der Waals surface area contributed by atoms with Crippen LogP contribution in [0.3, 0.4) is 0 Å². The van der Waals surface area contributed by atoms with Crippen LogP contribution in [0.5, 0.6) is 5.75 Å². The van der Waals surface area contributed by atoms with Crippen LogP contribution in [-0.2, 0) is 4.79 Å². The van der Waals surface area contributed by atoms with Crippen LogP contribution in [0.15, 0.2) is 22.8 Å². The Morgan fingerprint density at radius 3 is 2.64 bits per heavy atom. The Labute approximate surface area is 156 Å². The van der Waals surface area contributed by atoms with Gasteiger partial charge in [-0.3, -0.25) is 14.2 Å². The summed E-state index contributed by atoms with van der Waals surface area (Å²) in [6, 6.07) is 3.88. The second kappa shape index (κ2) is 7.60. The average Bonchev–Trinajstić information content (AvgIpc) is 2.90. The van der Waals surface area contributed by atoms with Gasteiger partial charge in [-0.25, -0.2) is 0 Å². The van der Waals surface area contributed by atoms with E-state index in [4.69, 9.17) is 4.74 Å². The highest BCUT2D eigenvalue weighted by atomic mass is 79.9. The van der Waals surface area contributed by atoms with Crippen LogP contribution >= 0.6 is 15.9 Å². The summed E-state index contributed by atoms with van der Waals surface area (Å²) in [4.78, 5) is 23.5. The van der Waals surface area contributed by atoms with Crippen LogP contribution in [-0.4, -0.2) is 30.0 Å². The number of carbonyl (C=O) groups excluding carboxylic acids is 2. The van der Waals surface area contributed by atoms with E-state index in [1.165, 1.54) is 0 Å². The lowest BCUT2D eigenvalue weighted by molar-refractivity contribution is -0.109. The normalized spacial score (nSPS) is 12.9. The molecule has 25 heavy (non-hydrogen) atoms. The van der Waals surface area contributed by atoms with Gasteiger partial charge in [0.25, 0.3) is 0 Å². The number of hydrogen-bond acceptors (Lipinski definition) is 3. The molecule has 0 fully saturated rings. The summed E-state index contributed by atoms with van der Waals surface area (Å²) in [6.45, 7) is 10.7. The molecule has 1 unspecified atom stereocenters. The standard InChI is InChI=1S/C19H25BrN2O3/c1-6-25-17-7-13-14(12(2)9-21-11-23)10-22(16(13)8-15(17)20)18(24)19(3,4)5/h7-8,10-12H,6,9H2,1-5H3,(H,21,23). The molecule has 0 aliphatic heterocycles. The van der Waals surface area contributed by atoms with Crippen molar-refractivity contribution in [1.29, 1.82) is 0 Å². The Bertz CT molecular complexity index is 790. The maximum atomic E-state index is 12.9. The minimum absolute atomic E-state index is 0.0235. The van der Waals surface area contributed by atoms with Crippen molar-refractivity contribution in [1.82, 2.24) is 9.88 Å². The van der Waals surface area contributed by atoms with E-state index in [2.05, 4.69) is 21.2 Å². The summed E-state index contributed by atoms with van der Waals surface area (Å²) < 4.78 is 8.21. The molecule has 0 bridgehead atoms. The fourth-order valence-corrected chi connectivity index (χ4v) is 3.22. The number of fused-ring (bicyclic) bond motifs is 1.